The zero-order valence-electron chi connectivity index (χ0n) is 15.7. The van der Waals surface area contributed by atoms with Gasteiger partial charge in [-0.25, -0.2) is 8.78 Å². The molecule has 0 bridgehead atoms. The first-order chi connectivity index (χ1) is 11.8. The summed E-state index contributed by atoms with van der Waals surface area (Å²) in [6, 6.07) is 13.2. The maximum Gasteiger partial charge on any atom is 0.159 e. The number of hydrogen-bond acceptors (Lipinski definition) is 1. The van der Waals surface area contributed by atoms with E-state index in [-0.39, 0.29) is 11.5 Å². The Kier molecular flexibility index (Phi) is 6.71. The third-order valence-electron chi connectivity index (χ3n) is 4.48. The Morgan fingerprint density at radius 3 is 2.16 bits per heavy atom. The van der Waals surface area contributed by atoms with Gasteiger partial charge in [0.05, 0.1) is 0 Å². The largest absolute Gasteiger partial charge is 0.314 e. The van der Waals surface area contributed by atoms with E-state index in [9.17, 15) is 8.78 Å². The second-order valence-electron chi connectivity index (χ2n) is 7.86. The van der Waals surface area contributed by atoms with E-state index in [4.69, 9.17) is 0 Å². The second-order valence-corrected chi connectivity index (χ2v) is 7.86. The average molecular weight is 345 g/mol. The first-order valence-corrected chi connectivity index (χ1v) is 9.02. The van der Waals surface area contributed by atoms with Crippen molar-refractivity contribution < 1.29 is 8.78 Å². The van der Waals surface area contributed by atoms with Crippen LogP contribution in [0, 0.1) is 11.6 Å². The minimum Gasteiger partial charge on any atom is -0.314 e. The lowest BCUT2D eigenvalue weighted by Crippen LogP contribution is -2.29. The van der Waals surface area contributed by atoms with Crippen LogP contribution in [0.15, 0.2) is 42.5 Å². The SMILES string of the molecule is CC(Cc1ccc(F)c(F)c1)NCCCc1ccc(C(C)(C)C)cc1. The average Bonchev–Trinajstić information content (AvgIpc) is 2.55. The van der Waals surface area contributed by atoms with E-state index in [1.807, 2.05) is 0 Å². The van der Waals surface area contributed by atoms with E-state index in [2.05, 4.69) is 57.3 Å². The summed E-state index contributed by atoms with van der Waals surface area (Å²) in [5, 5.41) is 3.45. The van der Waals surface area contributed by atoms with Crippen LogP contribution in [-0.2, 0) is 18.3 Å². The van der Waals surface area contributed by atoms with Gasteiger partial charge in [-0.15, -0.1) is 0 Å². The van der Waals surface area contributed by atoms with Crippen molar-refractivity contribution in [1.82, 2.24) is 5.32 Å². The molecule has 2 aromatic rings. The molecule has 0 heterocycles. The highest BCUT2D eigenvalue weighted by Gasteiger charge is 2.12. The quantitative estimate of drug-likeness (QED) is 0.661. The Hall–Kier alpha value is -1.74. The van der Waals surface area contributed by atoms with E-state index >= 15 is 0 Å². The minimum atomic E-state index is -0.790. The van der Waals surface area contributed by atoms with Gasteiger partial charge < -0.3 is 5.32 Å². The molecule has 0 amide bonds. The lowest BCUT2D eigenvalue weighted by atomic mass is 9.86. The van der Waals surface area contributed by atoms with Crippen molar-refractivity contribution in [2.45, 2.75) is 58.4 Å². The van der Waals surface area contributed by atoms with Crippen LogP contribution in [0.3, 0.4) is 0 Å². The van der Waals surface area contributed by atoms with Gasteiger partial charge in [-0.05, 0) is 67.0 Å². The zero-order chi connectivity index (χ0) is 18.4. The van der Waals surface area contributed by atoms with Gasteiger partial charge in [0.1, 0.15) is 0 Å². The lowest BCUT2D eigenvalue weighted by molar-refractivity contribution is 0.501. The summed E-state index contributed by atoms with van der Waals surface area (Å²) in [4.78, 5) is 0. The molecular weight excluding hydrogens is 316 g/mol. The van der Waals surface area contributed by atoms with Crippen molar-refractivity contribution in [2.24, 2.45) is 0 Å². The van der Waals surface area contributed by atoms with Crippen LogP contribution in [0.25, 0.3) is 0 Å². The van der Waals surface area contributed by atoms with E-state index in [0.29, 0.717) is 6.42 Å². The fourth-order valence-corrected chi connectivity index (χ4v) is 2.90. The van der Waals surface area contributed by atoms with Crippen LogP contribution in [0.4, 0.5) is 8.78 Å². The standard InChI is InChI=1S/C22H29F2N/c1-16(14-18-9-12-20(23)21(24)15-18)25-13-5-6-17-7-10-19(11-8-17)22(2,3)4/h7-12,15-16,25H,5-6,13-14H2,1-4H3. The lowest BCUT2D eigenvalue weighted by Gasteiger charge is -2.19. The van der Waals surface area contributed by atoms with Crippen molar-refractivity contribution in [3.05, 3.63) is 70.8 Å². The molecule has 0 aliphatic heterocycles. The third-order valence-corrected chi connectivity index (χ3v) is 4.48. The molecule has 1 unspecified atom stereocenters. The summed E-state index contributed by atoms with van der Waals surface area (Å²) in [6.07, 6.45) is 2.78. The summed E-state index contributed by atoms with van der Waals surface area (Å²) in [5.74, 6) is -1.56. The van der Waals surface area contributed by atoms with E-state index < -0.39 is 11.6 Å². The fourth-order valence-electron chi connectivity index (χ4n) is 2.90. The molecule has 0 aliphatic carbocycles. The molecule has 0 spiro atoms. The summed E-state index contributed by atoms with van der Waals surface area (Å²) in [7, 11) is 0. The molecule has 0 saturated heterocycles. The first-order valence-electron chi connectivity index (χ1n) is 9.02. The molecule has 2 aromatic carbocycles. The van der Waals surface area contributed by atoms with Gasteiger partial charge in [-0.1, -0.05) is 51.1 Å². The summed E-state index contributed by atoms with van der Waals surface area (Å²) < 4.78 is 26.2. The Balaban J connectivity index is 1.72. The number of aryl methyl sites for hydroxylation is 1. The smallest absolute Gasteiger partial charge is 0.159 e. The molecule has 1 atom stereocenters. The maximum atomic E-state index is 13.2. The Bertz CT molecular complexity index is 671. The Morgan fingerprint density at radius 2 is 1.56 bits per heavy atom. The monoisotopic (exact) mass is 345 g/mol. The van der Waals surface area contributed by atoms with E-state index in [1.165, 1.54) is 23.3 Å². The van der Waals surface area contributed by atoms with Gasteiger partial charge in [0, 0.05) is 6.04 Å². The number of rotatable bonds is 7. The molecule has 3 heteroatoms. The highest BCUT2D eigenvalue weighted by Crippen LogP contribution is 2.22. The fraction of sp³-hybridized carbons (Fsp3) is 0.455. The first kappa shape index (κ1) is 19.6. The van der Waals surface area contributed by atoms with Gasteiger partial charge in [0.15, 0.2) is 11.6 Å². The van der Waals surface area contributed by atoms with Crippen LogP contribution < -0.4 is 5.32 Å². The van der Waals surface area contributed by atoms with Crippen molar-refractivity contribution >= 4 is 0 Å². The second kappa shape index (κ2) is 8.57. The van der Waals surface area contributed by atoms with E-state index in [1.54, 1.807) is 6.07 Å². The molecule has 0 aliphatic rings. The molecular formula is C22H29F2N. The molecule has 1 nitrogen and oxygen atoms in total. The highest BCUT2D eigenvalue weighted by atomic mass is 19.2. The van der Waals surface area contributed by atoms with Gasteiger partial charge >= 0.3 is 0 Å². The van der Waals surface area contributed by atoms with Crippen LogP contribution in [0.2, 0.25) is 0 Å². The van der Waals surface area contributed by atoms with Crippen LogP contribution >= 0.6 is 0 Å². The van der Waals surface area contributed by atoms with Crippen molar-refractivity contribution in [3.63, 3.8) is 0 Å². The van der Waals surface area contributed by atoms with Gasteiger partial charge in [-0.3, -0.25) is 0 Å². The van der Waals surface area contributed by atoms with E-state index in [0.717, 1.165) is 24.9 Å². The van der Waals surface area contributed by atoms with Crippen LogP contribution in [0.5, 0.6) is 0 Å². The summed E-state index contributed by atoms with van der Waals surface area (Å²) >= 11 is 0. The highest BCUT2D eigenvalue weighted by molar-refractivity contribution is 5.27. The third kappa shape index (κ3) is 6.24. The number of halogens is 2. The molecule has 1 N–H and O–H groups in total. The molecule has 0 aromatic heterocycles. The number of benzene rings is 2. The minimum absolute atomic E-state index is 0.190. The topological polar surface area (TPSA) is 12.0 Å². The number of nitrogens with one attached hydrogen (secondary N) is 1. The predicted molar refractivity (Wildman–Crippen MR) is 101 cm³/mol. The normalized spacial score (nSPS) is 13.0. The van der Waals surface area contributed by atoms with Crippen LogP contribution in [0.1, 0.15) is 50.8 Å². The van der Waals surface area contributed by atoms with Gasteiger partial charge in [-0.2, -0.15) is 0 Å². The molecule has 136 valence electrons. The van der Waals surface area contributed by atoms with Gasteiger partial charge in [0.25, 0.3) is 0 Å². The number of hydrogen-bond donors (Lipinski definition) is 1. The molecule has 25 heavy (non-hydrogen) atoms. The molecule has 2 rings (SSSR count). The molecule has 0 fully saturated rings. The molecule has 0 saturated carbocycles. The van der Waals surface area contributed by atoms with Crippen molar-refractivity contribution in [3.8, 4) is 0 Å². The zero-order valence-corrected chi connectivity index (χ0v) is 15.7. The van der Waals surface area contributed by atoms with Crippen molar-refractivity contribution in [2.75, 3.05) is 6.54 Å². The maximum absolute atomic E-state index is 13.2. The van der Waals surface area contributed by atoms with Crippen molar-refractivity contribution in [1.29, 1.82) is 0 Å². The summed E-state index contributed by atoms with van der Waals surface area (Å²) in [6.45, 7) is 9.65. The predicted octanol–water partition coefficient (Wildman–Crippen LogP) is 5.42. The van der Waals surface area contributed by atoms with Gasteiger partial charge in [0.2, 0.25) is 0 Å². The molecule has 0 radical (unpaired) electrons. The summed E-state index contributed by atoms with van der Waals surface area (Å²) in [5.41, 5.74) is 3.71. The van der Waals surface area contributed by atoms with Crippen LogP contribution in [-0.4, -0.2) is 12.6 Å². The Morgan fingerprint density at radius 1 is 0.920 bits per heavy atom. The Labute approximate surface area is 150 Å².